The molecule has 13 heteroatoms. The lowest BCUT2D eigenvalue weighted by Gasteiger charge is -2.29. The van der Waals surface area contributed by atoms with Crippen LogP contribution in [-0.4, -0.2) is 41.2 Å². The molecule has 2 aliphatic heterocycles. The zero-order valence-electron chi connectivity index (χ0n) is 19.6. The lowest BCUT2D eigenvalue weighted by atomic mass is 9.83. The van der Waals surface area contributed by atoms with Crippen LogP contribution in [0.15, 0.2) is 58.4 Å². The highest BCUT2D eigenvalue weighted by Gasteiger charge is 2.56. The van der Waals surface area contributed by atoms with Crippen molar-refractivity contribution in [2.75, 3.05) is 18.1 Å². The van der Waals surface area contributed by atoms with E-state index in [9.17, 15) is 32.3 Å². The second-order valence-corrected chi connectivity index (χ2v) is 10.6. The Hall–Kier alpha value is -3.58. The van der Waals surface area contributed by atoms with Gasteiger partial charge in [-0.15, -0.1) is 0 Å². The van der Waals surface area contributed by atoms with Gasteiger partial charge in [0, 0.05) is 10.8 Å². The number of hydrogen-bond donors (Lipinski definition) is 1. The minimum Gasteiger partial charge on any atom is -0.482 e. The molecular weight excluding hydrogens is 545 g/mol. The number of nitrogens with one attached hydrogen (secondary N) is 1. The Bertz CT molecular complexity index is 1470. The summed E-state index contributed by atoms with van der Waals surface area (Å²) in [6.07, 6.45) is -4.65. The van der Waals surface area contributed by atoms with Gasteiger partial charge in [-0.2, -0.15) is 13.2 Å². The number of halogens is 3. The highest BCUT2D eigenvalue weighted by Crippen LogP contribution is 2.53. The van der Waals surface area contributed by atoms with Crippen molar-refractivity contribution in [3.8, 4) is 5.75 Å². The molecule has 3 atom stereocenters. The van der Waals surface area contributed by atoms with Gasteiger partial charge in [-0.3, -0.25) is 14.4 Å². The fraction of sp³-hybridized carbons (Fsp3) is 0.280. The molecule has 198 valence electrons. The highest BCUT2D eigenvalue weighted by molar-refractivity contribution is 8.00. The number of imide groups is 1. The number of amides is 2. The van der Waals surface area contributed by atoms with E-state index in [2.05, 4.69) is 4.98 Å². The van der Waals surface area contributed by atoms with Crippen molar-refractivity contribution in [1.82, 2.24) is 4.98 Å². The monoisotopic (exact) mass is 564 g/mol. The third kappa shape index (κ3) is 4.71. The molecular formula is C25H19F3N2O6S2. The van der Waals surface area contributed by atoms with Crippen molar-refractivity contribution < 1.29 is 37.0 Å². The van der Waals surface area contributed by atoms with Gasteiger partial charge in [0.25, 0.3) is 0 Å². The van der Waals surface area contributed by atoms with Crippen LogP contribution in [0.3, 0.4) is 0 Å². The molecule has 3 aromatic rings. The first-order valence-corrected chi connectivity index (χ1v) is 13.1. The van der Waals surface area contributed by atoms with E-state index < -0.39 is 46.6 Å². The first kappa shape index (κ1) is 26.0. The summed E-state index contributed by atoms with van der Waals surface area (Å²) in [7, 11) is 0. The number of hydrogen-bond acceptors (Lipinski definition) is 8. The van der Waals surface area contributed by atoms with E-state index in [-0.39, 0.29) is 23.8 Å². The standard InChI is InChI=1S/C25H19F3N2O6S2/c1-2-35-16(31)11-36-15-8-6-12(7-9-15)17-18-20(37-21-19(17)38-24(34)29-21)23(33)30(22(18)32)14-5-3-4-13(10-14)25(26,27)28/h3-10,17-18,20H,2,11H2,1H3,(H,29,34). The lowest BCUT2D eigenvalue weighted by molar-refractivity contribution is -0.145. The Balaban J connectivity index is 1.50. The average Bonchev–Trinajstić information content (AvgIpc) is 3.37. The quantitative estimate of drug-likeness (QED) is 0.354. The summed E-state index contributed by atoms with van der Waals surface area (Å²) >= 11 is 1.95. The molecule has 0 aliphatic carbocycles. The van der Waals surface area contributed by atoms with Gasteiger partial charge < -0.3 is 14.5 Å². The van der Waals surface area contributed by atoms with E-state index in [1.165, 1.54) is 6.07 Å². The molecule has 1 N–H and O–H groups in total. The molecule has 38 heavy (non-hydrogen) atoms. The molecule has 5 rings (SSSR count). The van der Waals surface area contributed by atoms with Crippen molar-refractivity contribution in [2.24, 2.45) is 5.92 Å². The Kier molecular flexibility index (Phi) is 6.82. The topological polar surface area (TPSA) is 106 Å². The van der Waals surface area contributed by atoms with Crippen molar-refractivity contribution in [3.05, 3.63) is 74.2 Å². The Morgan fingerprint density at radius 3 is 2.50 bits per heavy atom. The second kappa shape index (κ2) is 9.95. The number of H-pyrrole nitrogens is 1. The predicted octanol–water partition coefficient (Wildman–Crippen LogP) is 4.19. The van der Waals surface area contributed by atoms with Crippen LogP contribution in [0.1, 0.15) is 28.8 Å². The van der Waals surface area contributed by atoms with Crippen LogP contribution in [0.4, 0.5) is 18.9 Å². The van der Waals surface area contributed by atoms with E-state index in [1.54, 1.807) is 31.2 Å². The molecule has 2 amide bonds. The van der Waals surface area contributed by atoms with E-state index >= 15 is 0 Å². The number of esters is 1. The average molecular weight is 565 g/mol. The molecule has 1 fully saturated rings. The zero-order valence-corrected chi connectivity index (χ0v) is 21.2. The number of thioether (sulfide) groups is 1. The van der Waals surface area contributed by atoms with Gasteiger partial charge in [0.1, 0.15) is 11.0 Å². The Morgan fingerprint density at radius 2 is 1.82 bits per heavy atom. The maximum atomic E-state index is 13.7. The summed E-state index contributed by atoms with van der Waals surface area (Å²) in [4.78, 5) is 54.6. The van der Waals surface area contributed by atoms with E-state index in [4.69, 9.17) is 9.47 Å². The van der Waals surface area contributed by atoms with Crippen LogP contribution in [0.2, 0.25) is 0 Å². The van der Waals surface area contributed by atoms with Gasteiger partial charge in [0.05, 0.1) is 28.8 Å². The summed E-state index contributed by atoms with van der Waals surface area (Å²) in [5.74, 6) is -3.12. The largest absolute Gasteiger partial charge is 0.482 e. The van der Waals surface area contributed by atoms with E-state index in [1.807, 2.05) is 0 Å². The molecule has 3 unspecified atom stereocenters. The number of nitrogens with zero attached hydrogens (tertiary/aromatic N) is 1. The number of aromatic nitrogens is 1. The third-order valence-corrected chi connectivity index (χ3v) is 8.56. The van der Waals surface area contributed by atoms with Crippen molar-refractivity contribution in [2.45, 2.75) is 29.3 Å². The first-order chi connectivity index (χ1) is 18.1. The smallest absolute Gasteiger partial charge is 0.416 e. The highest BCUT2D eigenvalue weighted by atomic mass is 32.2. The summed E-state index contributed by atoms with van der Waals surface area (Å²) < 4.78 is 50.2. The van der Waals surface area contributed by atoms with Crippen LogP contribution in [-0.2, 0) is 25.3 Å². The molecule has 2 aromatic carbocycles. The van der Waals surface area contributed by atoms with Crippen molar-refractivity contribution in [3.63, 3.8) is 0 Å². The van der Waals surface area contributed by atoms with Gasteiger partial charge >= 0.3 is 17.0 Å². The lowest BCUT2D eigenvalue weighted by Crippen LogP contribution is -2.32. The molecule has 1 saturated heterocycles. The fourth-order valence-corrected chi connectivity index (χ4v) is 7.08. The van der Waals surface area contributed by atoms with Gasteiger partial charge in [0.15, 0.2) is 6.61 Å². The normalized spacial score (nSPS) is 20.7. The number of thiazole rings is 1. The molecule has 1 aromatic heterocycles. The van der Waals surface area contributed by atoms with Crippen molar-refractivity contribution in [1.29, 1.82) is 0 Å². The maximum absolute atomic E-state index is 13.7. The number of anilines is 1. The number of alkyl halides is 3. The molecule has 0 bridgehead atoms. The second-order valence-electron chi connectivity index (χ2n) is 8.47. The number of rotatable bonds is 6. The van der Waals surface area contributed by atoms with Crippen LogP contribution >= 0.6 is 23.1 Å². The number of fused-ring (bicyclic) bond motifs is 2. The summed E-state index contributed by atoms with van der Waals surface area (Å²) in [5.41, 5.74) is -0.535. The minimum atomic E-state index is -4.65. The Labute approximate surface area is 221 Å². The molecule has 2 aliphatic rings. The van der Waals surface area contributed by atoms with Gasteiger partial charge in [-0.1, -0.05) is 41.3 Å². The molecule has 0 spiro atoms. The van der Waals surface area contributed by atoms with Crippen LogP contribution in [0.25, 0.3) is 0 Å². The molecule has 0 saturated carbocycles. The molecule has 3 heterocycles. The number of carbonyl (C=O) groups is 3. The number of ether oxygens (including phenoxy) is 2. The Morgan fingerprint density at radius 1 is 1.08 bits per heavy atom. The number of aromatic amines is 1. The van der Waals surface area contributed by atoms with Crippen LogP contribution in [0, 0.1) is 5.92 Å². The number of carbonyl (C=O) groups excluding carboxylic acids is 3. The first-order valence-electron chi connectivity index (χ1n) is 11.4. The van der Waals surface area contributed by atoms with Crippen LogP contribution in [0.5, 0.6) is 5.75 Å². The molecule has 8 nitrogen and oxygen atoms in total. The van der Waals surface area contributed by atoms with Gasteiger partial charge in [-0.05, 0) is 42.8 Å². The van der Waals surface area contributed by atoms with Gasteiger partial charge in [0.2, 0.25) is 11.8 Å². The third-order valence-electron chi connectivity index (χ3n) is 6.16. The van der Waals surface area contributed by atoms with Crippen molar-refractivity contribution >= 4 is 46.6 Å². The minimum absolute atomic E-state index is 0.164. The molecule has 0 radical (unpaired) electrons. The SMILES string of the molecule is CCOC(=O)COc1ccc(C2c3sc(=O)[nH]c3SC3C(=O)N(c4cccc(C(F)(F)F)c4)C(=O)C32)cc1. The predicted molar refractivity (Wildman–Crippen MR) is 132 cm³/mol. The summed E-state index contributed by atoms with van der Waals surface area (Å²) in [6, 6.07) is 10.6. The number of benzene rings is 2. The fourth-order valence-electron chi connectivity index (χ4n) is 4.57. The van der Waals surface area contributed by atoms with E-state index in [0.29, 0.717) is 21.2 Å². The maximum Gasteiger partial charge on any atom is 0.416 e. The zero-order chi connectivity index (χ0) is 27.2. The summed E-state index contributed by atoms with van der Waals surface area (Å²) in [6.45, 7) is 1.60. The summed E-state index contributed by atoms with van der Waals surface area (Å²) in [5, 5.41) is -0.500. The van der Waals surface area contributed by atoms with E-state index in [0.717, 1.165) is 46.2 Å². The van der Waals surface area contributed by atoms with Gasteiger partial charge in [-0.25, -0.2) is 9.69 Å². The van der Waals surface area contributed by atoms with Crippen LogP contribution < -0.4 is 14.5 Å².